The predicted molar refractivity (Wildman–Crippen MR) is 85.9 cm³/mol. The summed E-state index contributed by atoms with van der Waals surface area (Å²) in [4.78, 5) is 0. The van der Waals surface area contributed by atoms with E-state index in [1.807, 2.05) is 50.3 Å². The fourth-order valence-corrected chi connectivity index (χ4v) is 1.94. The first kappa shape index (κ1) is 15.3. The lowest BCUT2D eigenvalue weighted by molar-refractivity contribution is 1.23. The van der Waals surface area contributed by atoms with Crippen LogP contribution in [0.25, 0.3) is 5.57 Å². The van der Waals surface area contributed by atoms with E-state index in [1.54, 1.807) is 0 Å². The van der Waals surface area contributed by atoms with Crippen molar-refractivity contribution in [1.82, 2.24) is 0 Å². The normalized spacial score (nSPS) is 12.4. The Balaban J connectivity index is 2.79. The van der Waals surface area contributed by atoms with Crippen LogP contribution in [-0.2, 0) is 0 Å². The van der Waals surface area contributed by atoms with Gasteiger partial charge in [0.2, 0.25) is 0 Å². The molecule has 0 aliphatic heterocycles. The van der Waals surface area contributed by atoms with Crippen molar-refractivity contribution in [2.45, 2.75) is 20.3 Å². The lowest BCUT2D eigenvalue weighted by Crippen LogP contribution is -1.99. The topological polar surface area (TPSA) is 26.0 Å². The molecule has 1 aromatic carbocycles. The van der Waals surface area contributed by atoms with E-state index in [2.05, 4.69) is 13.2 Å². The minimum absolute atomic E-state index is 0.654. The molecule has 0 radical (unpaired) electrons. The Bertz CT molecular complexity index is 550. The highest BCUT2D eigenvalue weighted by Gasteiger charge is 2.05. The standard InChI is InChI=1S/C17H20ClN/c1-5-13(3)17(19)11-12(2)10-14(4)15-8-6-7-9-16(15)18/h5-9,11H,2,4,10,19H2,1,3H3/b13-5+,17-11-. The highest BCUT2D eigenvalue weighted by molar-refractivity contribution is 6.32. The number of allylic oxidation sites excluding steroid dienone is 5. The minimum Gasteiger partial charge on any atom is -0.399 e. The molecule has 0 atom stereocenters. The van der Waals surface area contributed by atoms with E-state index >= 15 is 0 Å². The molecule has 0 aliphatic rings. The molecule has 0 amide bonds. The van der Waals surface area contributed by atoms with Gasteiger partial charge in [0.25, 0.3) is 0 Å². The summed E-state index contributed by atoms with van der Waals surface area (Å²) in [6.45, 7) is 12.0. The summed E-state index contributed by atoms with van der Waals surface area (Å²) >= 11 is 6.14. The van der Waals surface area contributed by atoms with Crippen molar-refractivity contribution in [2.75, 3.05) is 0 Å². The van der Waals surface area contributed by atoms with Crippen molar-refractivity contribution in [1.29, 1.82) is 0 Å². The number of hydrogen-bond acceptors (Lipinski definition) is 1. The third kappa shape index (κ3) is 4.46. The largest absolute Gasteiger partial charge is 0.399 e. The summed E-state index contributed by atoms with van der Waals surface area (Å²) in [5.41, 5.74) is 10.6. The fourth-order valence-electron chi connectivity index (χ4n) is 1.67. The lowest BCUT2D eigenvalue weighted by atomic mass is 9.99. The van der Waals surface area contributed by atoms with Crippen molar-refractivity contribution < 1.29 is 0 Å². The quantitative estimate of drug-likeness (QED) is 0.742. The van der Waals surface area contributed by atoms with Crippen LogP contribution in [0.3, 0.4) is 0 Å². The second kappa shape index (κ2) is 7.01. The van der Waals surface area contributed by atoms with E-state index in [1.165, 1.54) is 0 Å². The van der Waals surface area contributed by atoms with E-state index in [4.69, 9.17) is 17.3 Å². The first-order chi connectivity index (χ1) is 8.95. The van der Waals surface area contributed by atoms with Gasteiger partial charge >= 0.3 is 0 Å². The van der Waals surface area contributed by atoms with Gasteiger partial charge in [0, 0.05) is 10.7 Å². The van der Waals surface area contributed by atoms with Crippen LogP contribution in [0.5, 0.6) is 0 Å². The Hall–Kier alpha value is -1.73. The maximum absolute atomic E-state index is 6.14. The third-order valence-electron chi connectivity index (χ3n) is 2.94. The molecule has 0 saturated carbocycles. The van der Waals surface area contributed by atoms with Crippen molar-refractivity contribution in [2.24, 2.45) is 5.73 Å². The molecule has 19 heavy (non-hydrogen) atoms. The van der Waals surface area contributed by atoms with Crippen molar-refractivity contribution in [3.63, 3.8) is 0 Å². The van der Waals surface area contributed by atoms with Gasteiger partial charge in [-0.3, -0.25) is 0 Å². The van der Waals surface area contributed by atoms with E-state index in [9.17, 15) is 0 Å². The Morgan fingerprint density at radius 1 is 1.32 bits per heavy atom. The lowest BCUT2D eigenvalue weighted by Gasteiger charge is -2.09. The van der Waals surface area contributed by atoms with Crippen molar-refractivity contribution in [3.8, 4) is 0 Å². The molecule has 0 heterocycles. The number of hydrogen-bond donors (Lipinski definition) is 1. The Morgan fingerprint density at radius 3 is 2.53 bits per heavy atom. The molecule has 2 N–H and O–H groups in total. The first-order valence-electron chi connectivity index (χ1n) is 6.16. The van der Waals surface area contributed by atoms with Crippen LogP contribution in [-0.4, -0.2) is 0 Å². The van der Waals surface area contributed by atoms with E-state index in [0.717, 1.165) is 28.0 Å². The number of halogens is 1. The van der Waals surface area contributed by atoms with Crippen LogP contribution in [0.15, 0.2) is 66.4 Å². The molecule has 0 spiro atoms. The van der Waals surface area contributed by atoms with E-state index in [0.29, 0.717) is 11.4 Å². The average Bonchev–Trinajstić information content (AvgIpc) is 2.37. The van der Waals surface area contributed by atoms with Crippen LogP contribution >= 0.6 is 11.6 Å². The van der Waals surface area contributed by atoms with Gasteiger partial charge in [-0.25, -0.2) is 0 Å². The molecule has 1 aromatic rings. The smallest absolute Gasteiger partial charge is 0.0481 e. The Kier molecular flexibility index (Phi) is 5.65. The van der Waals surface area contributed by atoms with E-state index < -0.39 is 0 Å². The zero-order valence-electron chi connectivity index (χ0n) is 11.5. The van der Waals surface area contributed by atoms with Gasteiger partial charge in [0.1, 0.15) is 0 Å². The molecule has 0 saturated heterocycles. The number of benzene rings is 1. The summed E-state index contributed by atoms with van der Waals surface area (Å²) in [5.74, 6) is 0. The van der Waals surface area contributed by atoms with Crippen molar-refractivity contribution in [3.05, 3.63) is 77.0 Å². The summed E-state index contributed by atoms with van der Waals surface area (Å²) in [5, 5.41) is 0.710. The van der Waals surface area contributed by atoms with Gasteiger partial charge in [-0.05, 0) is 54.7 Å². The molecule has 1 rings (SSSR count). The molecule has 0 aliphatic carbocycles. The Labute approximate surface area is 120 Å². The molecule has 100 valence electrons. The van der Waals surface area contributed by atoms with Gasteiger partial charge in [-0.15, -0.1) is 0 Å². The van der Waals surface area contributed by atoms with Gasteiger partial charge in [-0.2, -0.15) is 0 Å². The van der Waals surface area contributed by atoms with Gasteiger partial charge < -0.3 is 5.73 Å². The fraction of sp³-hybridized carbons (Fsp3) is 0.176. The summed E-state index contributed by atoms with van der Waals surface area (Å²) < 4.78 is 0. The molecule has 2 heteroatoms. The SMILES string of the molecule is C=C(/C=C(N)/C(C)=C/C)CC(=C)c1ccccc1Cl. The molecular formula is C17H20ClN. The third-order valence-corrected chi connectivity index (χ3v) is 3.27. The number of nitrogens with two attached hydrogens (primary N) is 1. The number of rotatable bonds is 5. The van der Waals surface area contributed by atoms with Gasteiger partial charge in [-0.1, -0.05) is 49.0 Å². The van der Waals surface area contributed by atoms with Crippen LogP contribution in [0, 0.1) is 0 Å². The van der Waals surface area contributed by atoms with Gasteiger partial charge in [0.05, 0.1) is 0 Å². The molecule has 0 unspecified atom stereocenters. The second-order valence-electron chi connectivity index (χ2n) is 4.49. The Morgan fingerprint density at radius 2 is 1.95 bits per heavy atom. The zero-order valence-corrected chi connectivity index (χ0v) is 12.3. The highest BCUT2D eigenvalue weighted by Crippen LogP contribution is 2.27. The van der Waals surface area contributed by atoms with Crippen LogP contribution in [0.2, 0.25) is 5.02 Å². The molecule has 0 aromatic heterocycles. The molecule has 0 bridgehead atoms. The zero-order chi connectivity index (χ0) is 14.4. The van der Waals surface area contributed by atoms with Gasteiger partial charge in [0.15, 0.2) is 0 Å². The average molecular weight is 274 g/mol. The monoisotopic (exact) mass is 273 g/mol. The minimum atomic E-state index is 0.654. The predicted octanol–water partition coefficient (Wildman–Crippen LogP) is 5.11. The van der Waals surface area contributed by atoms with Crippen LogP contribution in [0.1, 0.15) is 25.8 Å². The molecular weight excluding hydrogens is 254 g/mol. The van der Waals surface area contributed by atoms with Crippen molar-refractivity contribution >= 4 is 17.2 Å². The summed E-state index contributed by atoms with van der Waals surface area (Å²) in [7, 11) is 0. The first-order valence-corrected chi connectivity index (χ1v) is 6.54. The van der Waals surface area contributed by atoms with Crippen LogP contribution < -0.4 is 5.73 Å². The van der Waals surface area contributed by atoms with Crippen LogP contribution in [0.4, 0.5) is 0 Å². The molecule has 1 nitrogen and oxygen atoms in total. The second-order valence-corrected chi connectivity index (χ2v) is 4.90. The maximum atomic E-state index is 6.14. The summed E-state index contributed by atoms with van der Waals surface area (Å²) in [6.07, 6.45) is 4.51. The molecule has 0 fully saturated rings. The highest BCUT2D eigenvalue weighted by atomic mass is 35.5. The van der Waals surface area contributed by atoms with E-state index in [-0.39, 0.29) is 0 Å². The summed E-state index contributed by atoms with van der Waals surface area (Å²) in [6, 6.07) is 7.67. The maximum Gasteiger partial charge on any atom is 0.0481 e.